The number of carbonyl (C=O) groups is 2. The van der Waals surface area contributed by atoms with Crippen molar-refractivity contribution in [2.45, 2.75) is 44.4 Å². The van der Waals surface area contributed by atoms with E-state index in [1.165, 1.54) is 11.9 Å². The van der Waals surface area contributed by atoms with Gasteiger partial charge in [0.05, 0.1) is 12.1 Å². The zero-order valence-corrected chi connectivity index (χ0v) is 17.4. The maximum Gasteiger partial charge on any atom is 0.407 e. The van der Waals surface area contributed by atoms with E-state index in [1.807, 2.05) is 41.3 Å². The van der Waals surface area contributed by atoms with Gasteiger partial charge in [0.25, 0.3) is 0 Å². The molecule has 2 atom stereocenters. The van der Waals surface area contributed by atoms with Crippen molar-refractivity contribution in [3.05, 3.63) is 53.4 Å². The van der Waals surface area contributed by atoms with Gasteiger partial charge in [0.15, 0.2) is 0 Å². The predicted molar refractivity (Wildman–Crippen MR) is 109 cm³/mol. The Kier molecular flexibility index (Phi) is 4.85. The zero-order chi connectivity index (χ0) is 21.6. The van der Waals surface area contributed by atoms with Gasteiger partial charge in [0, 0.05) is 32.6 Å². The second-order valence-corrected chi connectivity index (χ2v) is 8.79. The van der Waals surface area contributed by atoms with Crippen molar-refractivity contribution in [3.8, 4) is 0 Å². The first-order valence-electron chi connectivity index (χ1n) is 10.6. The van der Waals surface area contributed by atoms with Crippen LogP contribution in [0.25, 0.3) is 0 Å². The SMILES string of the molecule is CN(CCc1cc([C@@H]2CC3(CC3)[C@@H]3CN2C(=O)N3OCc2ccccc2)no1)C(=O)O. The zero-order valence-electron chi connectivity index (χ0n) is 17.4. The van der Waals surface area contributed by atoms with Gasteiger partial charge in [-0.2, -0.15) is 5.06 Å². The van der Waals surface area contributed by atoms with E-state index in [0.29, 0.717) is 31.9 Å². The van der Waals surface area contributed by atoms with Crippen LogP contribution < -0.4 is 0 Å². The lowest BCUT2D eigenvalue weighted by Gasteiger charge is -2.35. The summed E-state index contributed by atoms with van der Waals surface area (Å²) in [7, 11) is 1.52. The third-order valence-corrected chi connectivity index (χ3v) is 6.81. The number of rotatable bonds is 7. The van der Waals surface area contributed by atoms with Gasteiger partial charge in [-0.15, -0.1) is 0 Å². The lowest BCUT2D eigenvalue weighted by molar-refractivity contribution is -0.153. The molecule has 2 aliphatic heterocycles. The number of hydrogen-bond acceptors (Lipinski definition) is 5. The third-order valence-electron chi connectivity index (χ3n) is 6.81. The van der Waals surface area contributed by atoms with Gasteiger partial charge >= 0.3 is 12.1 Å². The maximum absolute atomic E-state index is 13.2. The van der Waals surface area contributed by atoms with E-state index in [4.69, 9.17) is 14.5 Å². The Morgan fingerprint density at radius 2 is 2.13 bits per heavy atom. The summed E-state index contributed by atoms with van der Waals surface area (Å²) in [5.41, 5.74) is 1.84. The Bertz CT molecular complexity index is 973. The Labute approximate surface area is 180 Å². The molecule has 164 valence electrons. The van der Waals surface area contributed by atoms with Crippen LogP contribution in [0.2, 0.25) is 0 Å². The summed E-state index contributed by atoms with van der Waals surface area (Å²) in [6.07, 6.45) is 2.46. The number of nitrogens with zero attached hydrogens (tertiary/aromatic N) is 4. The molecule has 0 radical (unpaired) electrons. The molecule has 3 aliphatic rings. The van der Waals surface area contributed by atoms with Crippen LogP contribution in [0.15, 0.2) is 40.9 Å². The number of fused-ring (bicyclic) bond motifs is 3. The Morgan fingerprint density at radius 1 is 1.35 bits per heavy atom. The fourth-order valence-electron chi connectivity index (χ4n) is 4.74. The molecule has 1 spiro atoms. The number of hydrogen-bond donors (Lipinski definition) is 1. The molecule has 1 saturated carbocycles. The number of urea groups is 1. The van der Waals surface area contributed by atoms with Crippen LogP contribution in [-0.4, -0.2) is 63.4 Å². The van der Waals surface area contributed by atoms with E-state index < -0.39 is 6.09 Å². The minimum atomic E-state index is -0.980. The van der Waals surface area contributed by atoms with Crippen LogP contribution in [0, 0.1) is 5.41 Å². The fraction of sp³-hybridized carbons (Fsp3) is 0.500. The summed E-state index contributed by atoms with van der Waals surface area (Å²) >= 11 is 0. The van der Waals surface area contributed by atoms with Crippen LogP contribution in [0.5, 0.6) is 0 Å². The molecular formula is C22H26N4O5. The summed E-state index contributed by atoms with van der Waals surface area (Å²) < 4.78 is 5.46. The van der Waals surface area contributed by atoms with Gasteiger partial charge in [0.1, 0.15) is 18.1 Å². The van der Waals surface area contributed by atoms with Gasteiger partial charge in [-0.3, -0.25) is 4.84 Å². The summed E-state index contributed by atoms with van der Waals surface area (Å²) in [4.78, 5) is 33.2. The molecule has 3 heterocycles. The number of piperidine rings is 1. The molecule has 9 heteroatoms. The molecule has 2 bridgehead atoms. The monoisotopic (exact) mass is 426 g/mol. The molecule has 1 aromatic carbocycles. The lowest BCUT2D eigenvalue weighted by atomic mass is 9.84. The molecule has 1 aromatic heterocycles. The molecule has 9 nitrogen and oxygen atoms in total. The molecule has 2 aromatic rings. The van der Waals surface area contributed by atoms with Gasteiger partial charge < -0.3 is 19.4 Å². The smallest absolute Gasteiger partial charge is 0.407 e. The largest absolute Gasteiger partial charge is 0.465 e. The standard InChI is InChI=1S/C22H26N4O5/c1-24(21(28)29)10-7-16-11-17(23-31-16)18-12-22(8-9-22)19-13-25(18)20(27)26(19)30-14-15-5-3-2-4-6-15/h2-6,11,18-19H,7-10,12-14H2,1H3,(H,28,29)/t18-,19-/m0/s1. The number of carboxylic acid groups (broad SMARTS) is 1. The van der Waals surface area contributed by atoms with Crippen LogP contribution in [0.3, 0.4) is 0 Å². The number of likely N-dealkylation sites (N-methyl/N-ethyl adjacent to an activating group) is 1. The van der Waals surface area contributed by atoms with Crippen LogP contribution in [0.1, 0.15) is 42.3 Å². The van der Waals surface area contributed by atoms with Crippen molar-refractivity contribution in [1.29, 1.82) is 0 Å². The highest BCUT2D eigenvalue weighted by atomic mass is 16.7. The molecule has 3 fully saturated rings. The van der Waals surface area contributed by atoms with Gasteiger partial charge in [-0.05, 0) is 30.2 Å². The molecular weight excluding hydrogens is 400 g/mol. The van der Waals surface area contributed by atoms with Crippen molar-refractivity contribution >= 4 is 12.1 Å². The van der Waals surface area contributed by atoms with Gasteiger partial charge in [-0.1, -0.05) is 35.5 Å². The van der Waals surface area contributed by atoms with E-state index in [0.717, 1.165) is 30.5 Å². The van der Waals surface area contributed by atoms with Crippen molar-refractivity contribution in [3.63, 3.8) is 0 Å². The number of aromatic nitrogens is 1. The first-order chi connectivity index (χ1) is 15.0. The minimum absolute atomic E-state index is 0.0653. The highest BCUT2D eigenvalue weighted by Gasteiger charge is 2.63. The topological polar surface area (TPSA) is 99.4 Å². The number of carbonyl (C=O) groups excluding carboxylic acids is 1. The van der Waals surface area contributed by atoms with E-state index in [9.17, 15) is 9.59 Å². The second-order valence-electron chi connectivity index (χ2n) is 8.79. The predicted octanol–water partition coefficient (Wildman–Crippen LogP) is 3.29. The first-order valence-corrected chi connectivity index (χ1v) is 10.6. The third kappa shape index (κ3) is 3.63. The summed E-state index contributed by atoms with van der Waals surface area (Å²) in [5, 5.41) is 14.8. The number of amides is 3. The summed E-state index contributed by atoms with van der Waals surface area (Å²) in [5.74, 6) is 0.624. The molecule has 2 saturated heterocycles. The Morgan fingerprint density at radius 3 is 2.84 bits per heavy atom. The molecule has 1 N–H and O–H groups in total. The van der Waals surface area contributed by atoms with Crippen molar-refractivity contribution < 1.29 is 24.1 Å². The van der Waals surface area contributed by atoms with Crippen LogP contribution in [-0.2, 0) is 17.9 Å². The van der Waals surface area contributed by atoms with E-state index in [2.05, 4.69) is 5.16 Å². The average molecular weight is 426 g/mol. The molecule has 3 amide bonds. The average Bonchev–Trinajstić information content (AvgIpc) is 3.26. The van der Waals surface area contributed by atoms with Crippen molar-refractivity contribution in [2.75, 3.05) is 20.1 Å². The molecule has 1 aliphatic carbocycles. The first kappa shape index (κ1) is 19.9. The molecule has 0 unspecified atom stereocenters. The normalized spacial score (nSPS) is 23.5. The Hall–Kier alpha value is -3.07. The minimum Gasteiger partial charge on any atom is -0.465 e. The maximum atomic E-state index is 13.2. The second kappa shape index (κ2) is 7.56. The van der Waals surface area contributed by atoms with E-state index in [1.54, 1.807) is 5.06 Å². The molecule has 31 heavy (non-hydrogen) atoms. The Balaban J connectivity index is 1.29. The quantitative estimate of drug-likeness (QED) is 0.729. The van der Waals surface area contributed by atoms with Crippen LogP contribution >= 0.6 is 0 Å². The van der Waals surface area contributed by atoms with Gasteiger partial charge in [-0.25, -0.2) is 9.59 Å². The van der Waals surface area contributed by atoms with Gasteiger partial charge in [0.2, 0.25) is 0 Å². The summed E-state index contributed by atoms with van der Waals surface area (Å²) in [6, 6.07) is 11.5. The van der Waals surface area contributed by atoms with Crippen LogP contribution in [0.4, 0.5) is 9.59 Å². The number of hydroxylamine groups is 2. The summed E-state index contributed by atoms with van der Waals surface area (Å²) in [6.45, 7) is 1.31. The van der Waals surface area contributed by atoms with Crippen molar-refractivity contribution in [1.82, 2.24) is 20.0 Å². The number of benzene rings is 1. The van der Waals surface area contributed by atoms with E-state index in [-0.39, 0.29) is 23.5 Å². The highest BCUT2D eigenvalue weighted by molar-refractivity contribution is 5.77. The molecule has 5 rings (SSSR count). The lowest BCUT2D eigenvalue weighted by Crippen LogP contribution is -2.42. The highest BCUT2D eigenvalue weighted by Crippen LogP contribution is 2.61. The van der Waals surface area contributed by atoms with Crippen molar-refractivity contribution in [2.24, 2.45) is 5.41 Å². The van der Waals surface area contributed by atoms with E-state index >= 15 is 0 Å². The fourth-order valence-corrected chi connectivity index (χ4v) is 4.74.